The van der Waals surface area contributed by atoms with Crippen molar-refractivity contribution in [1.82, 2.24) is 9.55 Å². The van der Waals surface area contributed by atoms with Crippen molar-refractivity contribution < 1.29 is 0 Å². The van der Waals surface area contributed by atoms with Crippen molar-refractivity contribution in [3.8, 4) is 6.07 Å². The summed E-state index contributed by atoms with van der Waals surface area (Å²) in [5.74, 6) is 1.06. The molecule has 0 bridgehead atoms. The van der Waals surface area contributed by atoms with Crippen LogP contribution in [0.25, 0.3) is 11.0 Å². The minimum absolute atomic E-state index is 0.677. The number of imidazole rings is 1. The van der Waals surface area contributed by atoms with E-state index in [4.69, 9.17) is 5.26 Å². The number of nitriles is 1. The first-order chi connectivity index (χ1) is 10.2. The van der Waals surface area contributed by atoms with Crippen molar-refractivity contribution in [3.05, 3.63) is 65.0 Å². The Morgan fingerprint density at radius 2 is 2.00 bits per heavy atom. The Hall–Kier alpha value is -2.60. The molecule has 0 saturated heterocycles. The van der Waals surface area contributed by atoms with Crippen LogP contribution >= 0.6 is 0 Å². The highest BCUT2D eigenvalue weighted by atomic mass is 15.1. The van der Waals surface area contributed by atoms with Gasteiger partial charge in [-0.25, -0.2) is 4.98 Å². The Labute approximate surface area is 124 Å². The molecule has 0 fully saturated rings. The van der Waals surface area contributed by atoms with Crippen molar-refractivity contribution >= 4 is 11.0 Å². The third kappa shape index (κ3) is 2.66. The van der Waals surface area contributed by atoms with Crippen LogP contribution in [0, 0.1) is 18.3 Å². The number of fused-ring (bicyclic) bond motifs is 1. The van der Waals surface area contributed by atoms with Gasteiger partial charge in [0.1, 0.15) is 5.82 Å². The lowest BCUT2D eigenvalue weighted by molar-refractivity contribution is 0.786. The van der Waals surface area contributed by atoms with Crippen LogP contribution in [0.4, 0.5) is 0 Å². The van der Waals surface area contributed by atoms with Gasteiger partial charge in [-0.15, -0.1) is 0 Å². The van der Waals surface area contributed by atoms with Crippen molar-refractivity contribution in [1.29, 1.82) is 5.26 Å². The summed E-state index contributed by atoms with van der Waals surface area (Å²) in [7, 11) is 2.02. The molecule has 0 radical (unpaired) electrons. The van der Waals surface area contributed by atoms with E-state index in [1.807, 2.05) is 25.2 Å². The highest BCUT2D eigenvalue weighted by Crippen LogP contribution is 2.18. The molecule has 0 amide bonds. The van der Waals surface area contributed by atoms with E-state index in [2.05, 4.69) is 46.8 Å². The molecule has 0 saturated carbocycles. The quantitative estimate of drug-likeness (QED) is 0.733. The van der Waals surface area contributed by atoms with Crippen molar-refractivity contribution in [2.24, 2.45) is 7.05 Å². The fraction of sp³-hybridized carbons (Fsp3) is 0.222. The molecule has 3 nitrogen and oxygen atoms in total. The van der Waals surface area contributed by atoms with E-state index >= 15 is 0 Å². The zero-order valence-electron chi connectivity index (χ0n) is 12.3. The normalized spacial score (nSPS) is 10.7. The van der Waals surface area contributed by atoms with Crippen LogP contribution in [-0.4, -0.2) is 9.55 Å². The number of aromatic nitrogens is 2. The molecule has 0 N–H and O–H groups in total. The van der Waals surface area contributed by atoms with Gasteiger partial charge < -0.3 is 4.57 Å². The maximum absolute atomic E-state index is 8.99. The Kier molecular flexibility index (Phi) is 3.45. The van der Waals surface area contributed by atoms with Gasteiger partial charge in [0.25, 0.3) is 0 Å². The number of rotatable bonds is 3. The molecule has 0 aliphatic heterocycles. The van der Waals surface area contributed by atoms with Crippen LogP contribution < -0.4 is 0 Å². The van der Waals surface area contributed by atoms with E-state index in [9.17, 15) is 0 Å². The summed E-state index contributed by atoms with van der Waals surface area (Å²) in [6.45, 7) is 2.11. The highest BCUT2D eigenvalue weighted by Gasteiger charge is 2.08. The highest BCUT2D eigenvalue weighted by molar-refractivity contribution is 5.77. The Morgan fingerprint density at radius 3 is 2.76 bits per heavy atom. The Balaban J connectivity index is 1.87. The number of hydrogen-bond acceptors (Lipinski definition) is 2. The SMILES string of the molecule is Cc1cccc(CCc2nc3ccc(C#N)cc3n2C)c1. The number of hydrogen-bond donors (Lipinski definition) is 0. The summed E-state index contributed by atoms with van der Waals surface area (Å²) in [5, 5.41) is 8.99. The molecule has 104 valence electrons. The lowest BCUT2D eigenvalue weighted by Crippen LogP contribution is -2.00. The number of benzene rings is 2. The second-order valence-electron chi connectivity index (χ2n) is 5.39. The van der Waals surface area contributed by atoms with Gasteiger partial charge in [0.15, 0.2) is 0 Å². The van der Waals surface area contributed by atoms with E-state index in [0.717, 1.165) is 29.7 Å². The Morgan fingerprint density at radius 1 is 1.14 bits per heavy atom. The fourth-order valence-electron chi connectivity index (χ4n) is 2.66. The van der Waals surface area contributed by atoms with Crippen LogP contribution in [0.3, 0.4) is 0 Å². The summed E-state index contributed by atoms with van der Waals surface area (Å²) < 4.78 is 2.09. The van der Waals surface area contributed by atoms with Crippen molar-refractivity contribution in [2.75, 3.05) is 0 Å². The van der Waals surface area contributed by atoms with Crippen LogP contribution in [0.5, 0.6) is 0 Å². The summed E-state index contributed by atoms with van der Waals surface area (Å²) in [6.07, 6.45) is 1.88. The zero-order chi connectivity index (χ0) is 14.8. The molecular formula is C18H17N3. The van der Waals surface area contributed by atoms with E-state index < -0.39 is 0 Å². The summed E-state index contributed by atoms with van der Waals surface area (Å²) in [5.41, 5.74) is 5.27. The topological polar surface area (TPSA) is 41.6 Å². The van der Waals surface area contributed by atoms with Crippen LogP contribution in [-0.2, 0) is 19.9 Å². The molecular weight excluding hydrogens is 258 g/mol. The van der Waals surface area contributed by atoms with Crippen molar-refractivity contribution in [2.45, 2.75) is 19.8 Å². The standard InChI is InChI=1S/C18H17N3/c1-13-4-3-5-14(10-13)7-9-18-20-16-8-6-15(12-19)11-17(16)21(18)2/h3-6,8,10-11H,7,9H2,1-2H3. The van der Waals surface area contributed by atoms with Crippen molar-refractivity contribution in [3.63, 3.8) is 0 Å². The zero-order valence-corrected chi connectivity index (χ0v) is 12.3. The smallest absolute Gasteiger partial charge is 0.109 e. The largest absolute Gasteiger partial charge is 0.331 e. The average Bonchev–Trinajstić information content (AvgIpc) is 2.81. The van der Waals surface area contributed by atoms with Gasteiger partial charge >= 0.3 is 0 Å². The van der Waals surface area contributed by atoms with Gasteiger partial charge in [-0.2, -0.15) is 5.26 Å². The lowest BCUT2D eigenvalue weighted by Gasteiger charge is -2.04. The average molecular weight is 275 g/mol. The molecule has 3 rings (SSSR count). The molecule has 21 heavy (non-hydrogen) atoms. The molecule has 0 aliphatic rings. The van der Waals surface area contributed by atoms with Gasteiger partial charge in [0.05, 0.1) is 22.7 Å². The first-order valence-electron chi connectivity index (χ1n) is 7.08. The van der Waals surface area contributed by atoms with Gasteiger partial charge in [0, 0.05) is 13.5 Å². The molecule has 1 aromatic heterocycles. The molecule has 0 unspecified atom stereocenters. The minimum atomic E-state index is 0.677. The summed E-state index contributed by atoms with van der Waals surface area (Å²) in [6, 6.07) is 16.4. The predicted octanol–water partition coefficient (Wildman–Crippen LogP) is 3.54. The van der Waals surface area contributed by atoms with Crippen LogP contribution in [0.1, 0.15) is 22.5 Å². The molecule has 3 heteroatoms. The molecule has 0 aliphatic carbocycles. The summed E-state index contributed by atoms with van der Waals surface area (Å²) >= 11 is 0. The third-order valence-electron chi connectivity index (χ3n) is 3.82. The lowest BCUT2D eigenvalue weighted by atomic mass is 10.1. The molecule has 1 heterocycles. The maximum atomic E-state index is 8.99. The minimum Gasteiger partial charge on any atom is -0.331 e. The third-order valence-corrected chi connectivity index (χ3v) is 3.82. The number of aryl methyl sites for hydroxylation is 4. The molecule has 0 spiro atoms. The van der Waals surface area contributed by atoms with Gasteiger partial charge in [-0.3, -0.25) is 0 Å². The van der Waals surface area contributed by atoms with Crippen LogP contribution in [0.2, 0.25) is 0 Å². The second kappa shape index (κ2) is 5.41. The summed E-state index contributed by atoms with van der Waals surface area (Å²) in [4.78, 5) is 4.68. The van der Waals surface area contributed by atoms with Gasteiger partial charge in [0.2, 0.25) is 0 Å². The van der Waals surface area contributed by atoms with E-state index in [1.54, 1.807) is 0 Å². The Bertz CT molecular complexity index is 837. The van der Waals surface area contributed by atoms with Gasteiger partial charge in [-0.1, -0.05) is 29.8 Å². The monoisotopic (exact) mass is 275 g/mol. The fourth-order valence-corrected chi connectivity index (χ4v) is 2.66. The van der Waals surface area contributed by atoms with E-state index in [-0.39, 0.29) is 0 Å². The molecule has 3 aromatic rings. The first kappa shape index (κ1) is 13.4. The molecule has 2 aromatic carbocycles. The number of nitrogens with zero attached hydrogens (tertiary/aromatic N) is 3. The molecule has 0 atom stereocenters. The van der Waals surface area contributed by atoms with Gasteiger partial charge in [-0.05, 0) is 37.1 Å². The first-order valence-corrected chi connectivity index (χ1v) is 7.08. The predicted molar refractivity (Wildman–Crippen MR) is 84.0 cm³/mol. The second-order valence-corrected chi connectivity index (χ2v) is 5.39. The van der Waals surface area contributed by atoms with Crippen LogP contribution in [0.15, 0.2) is 42.5 Å². The maximum Gasteiger partial charge on any atom is 0.109 e. The van der Waals surface area contributed by atoms with E-state index in [0.29, 0.717) is 5.56 Å². The van der Waals surface area contributed by atoms with E-state index in [1.165, 1.54) is 11.1 Å².